The molecule has 1 heterocycles. The standard InChI is InChI=1S/C16H17NO3/c1-10-4-5-11(2)13(6-10)8-17-9-14(16(19)20)15(18)7-12(17)3/h4-7,9H,8H2,1-3H3,(H,19,20). The molecule has 0 saturated heterocycles. The summed E-state index contributed by atoms with van der Waals surface area (Å²) in [5.74, 6) is -1.19. The van der Waals surface area contributed by atoms with E-state index < -0.39 is 11.4 Å². The van der Waals surface area contributed by atoms with Crippen molar-refractivity contribution in [2.75, 3.05) is 0 Å². The molecule has 20 heavy (non-hydrogen) atoms. The number of hydrogen-bond acceptors (Lipinski definition) is 2. The van der Waals surface area contributed by atoms with Gasteiger partial charge in [-0.2, -0.15) is 0 Å². The molecule has 0 fully saturated rings. The zero-order valence-electron chi connectivity index (χ0n) is 11.8. The van der Waals surface area contributed by atoms with E-state index in [0.717, 1.165) is 22.4 Å². The number of nitrogens with zero attached hydrogens (tertiary/aromatic N) is 1. The van der Waals surface area contributed by atoms with E-state index in [-0.39, 0.29) is 5.56 Å². The van der Waals surface area contributed by atoms with Gasteiger partial charge in [-0.05, 0) is 31.9 Å². The number of benzene rings is 1. The lowest BCUT2D eigenvalue weighted by atomic mass is 10.1. The molecule has 4 heteroatoms. The van der Waals surface area contributed by atoms with Gasteiger partial charge in [0.15, 0.2) is 5.43 Å². The number of hydrogen-bond donors (Lipinski definition) is 1. The lowest BCUT2D eigenvalue weighted by Gasteiger charge is -2.14. The first-order valence-corrected chi connectivity index (χ1v) is 6.39. The van der Waals surface area contributed by atoms with Crippen LogP contribution in [0.2, 0.25) is 0 Å². The molecule has 1 aromatic carbocycles. The highest BCUT2D eigenvalue weighted by Crippen LogP contribution is 2.13. The van der Waals surface area contributed by atoms with Crippen molar-refractivity contribution in [1.82, 2.24) is 4.57 Å². The van der Waals surface area contributed by atoms with Gasteiger partial charge in [0, 0.05) is 24.5 Å². The summed E-state index contributed by atoms with van der Waals surface area (Å²) >= 11 is 0. The van der Waals surface area contributed by atoms with Crippen LogP contribution in [0, 0.1) is 20.8 Å². The third kappa shape index (κ3) is 2.79. The van der Waals surface area contributed by atoms with Crippen LogP contribution in [0.25, 0.3) is 0 Å². The molecule has 0 atom stereocenters. The van der Waals surface area contributed by atoms with E-state index in [9.17, 15) is 9.59 Å². The van der Waals surface area contributed by atoms with Gasteiger partial charge < -0.3 is 9.67 Å². The summed E-state index contributed by atoms with van der Waals surface area (Å²) in [6.07, 6.45) is 1.42. The molecule has 1 N–H and O–H groups in total. The van der Waals surface area contributed by atoms with Crippen LogP contribution in [0.5, 0.6) is 0 Å². The van der Waals surface area contributed by atoms with Crippen LogP contribution in [0.3, 0.4) is 0 Å². The van der Waals surface area contributed by atoms with Gasteiger partial charge in [0.2, 0.25) is 0 Å². The van der Waals surface area contributed by atoms with E-state index in [0.29, 0.717) is 6.54 Å². The van der Waals surface area contributed by atoms with Crippen LogP contribution in [-0.4, -0.2) is 15.6 Å². The molecule has 104 valence electrons. The van der Waals surface area contributed by atoms with E-state index in [1.165, 1.54) is 12.3 Å². The molecule has 0 saturated carbocycles. The fraction of sp³-hybridized carbons (Fsp3) is 0.250. The van der Waals surface area contributed by atoms with Crippen molar-refractivity contribution in [3.63, 3.8) is 0 Å². The third-order valence-electron chi connectivity index (χ3n) is 3.42. The maximum absolute atomic E-state index is 11.6. The van der Waals surface area contributed by atoms with Crippen LogP contribution in [0.1, 0.15) is 32.7 Å². The zero-order chi connectivity index (χ0) is 14.9. The molecular weight excluding hydrogens is 254 g/mol. The summed E-state index contributed by atoms with van der Waals surface area (Å²) in [6, 6.07) is 7.53. The zero-order valence-corrected chi connectivity index (χ0v) is 11.8. The highest BCUT2D eigenvalue weighted by atomic mass is 16.4. The van der Waals surface area contributed by atoms with Crippen LogP contribution in [-0.2, 0) is 6.54 Å². The smallest absolute Gasteiger partial charge is 0.341 e. The van der Waals surface area contributed by atoms with Gasteiger partial charge >= 0.3 is 5.97 Å². The number of carbonyl (C=O) groups is 1. The van der Waals surface area contributed by atoms with E-state index in [1.54, 1.807) is 11.5 Å². The first-order chi connectivity index (χ1) is 9.38. The Balaban J connectivity index is 2.48. The van der Waals surface area contributed by atoms with Crippen molar-refractivity contribution in [1.29, 1.82) is 0 Å². The fourth-order valence-corrected chi connectivity index (χ4v) is 2.16. The largest absolute Gasteiger partial charge is 0.477 e. The van der Waals surface area contributed by atoms with E-state index in [2.05, 4.69) is 6.07 Å². The molecule has 2 aromatic rings. The molecule has 0 aliphatic rings. The van der Waals surface area contributed by atoms with Crippen molar-refractivity contribution in [2.24, 2.45) is 0 Å². The molecule has 0 aliphatic heterocycles. The average molecular weight is 271 g/mol. The SMILES string of the molecule is Cc1ccc(C)c(Cn2cc(C(=O)O)c(=O)cc2C)c1. The third-order valence-corrected chi connectivity index (χ3v) is 3.42. The van der Waals surface area contributed by atoms with Gasteiger partial charge in [-0.1, -0.05) is 23.8 Å². The second kappa shape index (κ2) is 5.33. The summed E-state index contributed by atoms with van der Waals surface area (Å²) in [5.41, 5.74) is 3.52. The number of aryl methyl sites for hydroxylation is 3. The Hall–Kier alpha value is -2.36. The molecule has 2 rings (SSSR count). The predicted octanol–water partition coefficient (Wildman–Crippen LogP) is 2.52. The minimum absolute atomic E-state index is 0.194. The summed E-state index contributed by atoms with van der Waals surface area (Å²) in [6.45, 7) is 6.40. The molecule has 0 radical (unpaired) electrons. The summed E-state index contributed by atoms with van der Waals surface area (Å²) in [4.78, 5) is 22.7. The number of pyridine rings is 1. The molecular formula is C16H17NO3. The Morgan fingerprint density at radius 1 is 1.20 bits per heavy atom. The van der Waals surface area contributed by atoms with E-state index in [4.69, 9.17) is 5.11 Å². The Labute approximate surface area is 117 Å². The van der Waals surface area contributed by atoms with Crippen molar-refractivity contribution in [3.05, 3.63) is 68.6 Å². The summed E-state index contributed by atoms with van der Waals surface area (Å²) in [5, 5.41) is 9.03. The number of carboxylic acids is 1. The molecule has 0 unspecified atom stereocenters. The van der Waals surface area contributed by atoms with Gasteiger partial charge in [0.25, 0.3) is 0 Å². The predicted molar refractivity (Wildman–Crippen MR) is 77.4 cm³/mol. The maximum atomic E-state index is 11.6. The Kier molecular flexibility index (Phi) is 3.74. The summed E-state index contributed by atoms with van der Waals surface area (Å²) in [7, 11) is 0. The lowest BCUT2D eigenvalue weighted by Crippen LogP contribution is -2.19. The van der Waals surface area contributed by atoms with Gasteiger partial charge in [-0.3, -0.25) is 4.79 Å². The first kappa shape index (κ1) is 14.1. The second-order valence-corrected chi connectivity index (χ2v) is 5.06. The van der Waals surface area contributed by atoms with Crippen molar-refractivity contribution in [3.8, 4) is 0 Å². The minimum atomic E-state index is -1.19. The molecule has 0 bridgehead atoms. The molecule has 0 amide bonds. The normalized spacial score (nSPS) is 10.6. The number of aromatic carboxylic acids is 1. The van der Waals surface area contributed by atoms with Gasteiger partial charge in [-0.25, -0.2) is 4.79 Å². The maximum Gasteiger partial charge on any atom is 0.341 e. The van der Waals surface area contributed by atoms with Crippen LogP contribution < -0.4 is 5.43 Å². The Bertz CT molecular complexity index is 729. The Morgan fingerprint density at radius 2 is 1.90 bits per heavy atom. The molecule has 0 aliphatic carbocycles. The second-order valence-electron chi connectivity index (χ2n) is 5.06. The quantitative estimate of drug-likeness (QED) is 0.933. The highest BCUT2D eigenvalue weighted by molar-refractivity contribution is 5.87. The molecule has 4 nitrogen and oxygen atoms in total. The van der Waals surface area contributed by atoms with Crippen LogP contribution in [0.15, 0.2) is 35.3 Å². The molecule has 0 spiro atoms. The van der Waals surface area contributed by atoms with Crippen molar-refractivity contribution < 1.29 is 9.90 Å². The van der Waals surface area contributed by atoms with E-state index in [1.807, 2.05) is 26.0 Å². The summed E-state index contributed by atoms with van der Waals surface area (Å²) < 4.78 is 1.80. The monoisotopic (exact) mass is 271 g/mol. The molecule has 1 aromatic heterocycles. The fourth-order valence-electron chi connectivity index (χ4n) is 2.16. The van der Waals surface area contributed by atoms with Gasteiger partial charge in [-0.15, -0.1) is 0 Å². The lowest BCUT2D eigenvalue weighted by molar-refractivity contribution is 0.0694. The van der Waals surface area contributed by atoms with Crippen LogP contribution >= 0.6 is 0 Å². The van der Waals surface area contributed by atoms with Crippen molar-refractivity contribution >= 4 is 5.97 Å². The average Bonchev–Trinajstić information content (AvgIpc) is 2.36. The topological polar surface area (TPSA) is 59.3 Å². The number of carboxylic acid groups (broad SMARTS) is 1. The minimum Gasteiger partial charge on any atom is -0.477 e. The number of aromatic nitrogens is 1. The first-order valence-electron chi connectivity index (χ1n) is 6.39. The highest BCUT2D eigenvalue weighted by Gasteiger charge is 2.11. The van der Waals surface area contributed by atoms with Crippen molar-refractivity contribution in [2.45, 2.75) is 27.3 Å². The van der Waals surface area contributed by atoms with E-state index >= 15 is 0 Å². The van der Waals surface area contributed by atoms with Crippen LogP contribution in [0.4, 0.5) is 0 Å². The van der Waals surface area contributed by atoms with Gasteiger partial charge in [0.1, 0.15) is 5.56 Å². The Morgan fingerprint density at radius 3 is 2.55 bits per heavy atom. The van der Waals surface area contributed by atoms with Gasteiger partial charge in [0.05, 0.1) is 0 Å². The number of rotatable bonds is 3.